The summed E-state index contributed by atoms with van der Waals surface area (Å²) in [5, 5.41) is 9.54. The first kappa shape index (κ1) is 24.9. The Balaban J connectivity index is 1.62. The number of aromatic nitrogens is 1. The maximum atomic E-state index is 13.5. The van der Waals surface area contributed by atoms with Crippen LogP contribution in [0.2, 0.25) is 0 Å². The number of hydrogen-bond acceptors (Lipinski definition) is 5. The van der Waals surface area contributed by atoms with E-state index in [-0.39, 0.29) is 36.4 Å². The molecule has 0 radical (unpaired) electrons. The van der Waals surface area contributed by atoms with Crippen molar-refractivity contribution in [1.29, 1.82) is 0 Å². The van der Waals surface area contributed by atoms with E-state index in [4.69, 9.17) is 4.74 Å². The molecule has 1 aliphatic rings. The quantitative estimate of drug-likeness (QED) is 0.493. The van der Waals surface area contributed by atoms with Gasteiger partial charge in [0.25, 0.3) is 0 Å². The van der Waals surface area contributed by atoms with Crippen LogP contribution in [0.3, 0.4) is 0 Å². The number of sulfonamides is 1. The van der Waals surface area contributed by atoms with E-state index in [1.54, 1.807) is 36.7 Å². The molecule has 1 aliphatic heterocycles. The minimum atomic E-state index is -3.76. The number of aryl methyl sites for hydroxylation is 2. The number of carboxylic acid groups (broad SMARTS) is 1. The molecule has 0 saturated carbocycles. The van der Waals surface area contributed by atoms with Gasteiger partial charge in [0, 0.05) is 18.9 Å². The van der Waals surface area contributed by atoms with Crippen molar-refractivity contribution in [3.8, 4) is 5.75 Å². The molecule has 2 aromatic carbocycles. The minimum Gasteiger partial charge on any atom is -0.488 e. The predicted octanol–water partition coefficient (Wildman–Crippen LogP) is 4.55. The van der Waals surface area contributed by atoms with Gasteiger partial charge in [-0.25, -0.2) is 8.42 Å². The molecule has 0 bridgehead atoms. The van der Waals surface area contributed by atoms with E-state index >= 15 is 0 Å². The fourth-order valence-electron chi connectivity index (χ4n) is 4.48. The standard InChI is InChI=1S/C27H30N2O5S/c1-19-9-11-22(23(15-27(30)31)12-10-21-6-5-13-28-16-21)14-24(19)18-29-17-20(2)34-25-7-3-4-8-26(25)35(29,32)33/h3-9,11,13-14,16,20,23H,10,12,15,17-18H2,1-2H3,(H,30,31). The number of aliphatic carboxylic acids is 1. The third kappa shape index (κ3) is 5.89. The first-order valence-electron chi connectivity index (χ1n) is 11.7. The van der Waals surface area contributed by atoms with Crippen molar-refractivity contribution in [3.05, 3.63) is 89.2 Å². The molecule has 2 heterocycles. The molecule has 4 rings (SSSR count). The number of rotatable bonds is 8. The van der Waals surface area contributed by atoms with Crippen molar-refractivity contribution in [2.75, 3.05) is 6.54 Å². The molecule has 0 fully saturated rings. The zero-order valence-electron chi connectivity index (χ0n) is 19.9. The van der Waals surface area contributed by atoms with Gasteiger partial charge in [-0.15, -0.1) is 0 Å². The topological polar surface area (TPSA) is 96.8 Å². The summed E-state index contributed by atoms with van der Waals surface area (Å²) in [5.74, 6) is -0.693. The lowest BCUT2D eigenvalue weighted by molar-refractivity contribution is -0.137. The summed E-state index contributed by atoms with van der Waals surface area (Å²) in [6.45, 7) is 4.21. The highest BCUT2D eigenvalue weighted by atomic mass is 32.2. The average molecular weight is 495 g/mol. The molecule has 0 amide bonds. The van der Waals surface area contributed by atoms with Crippen LogP contribution >= 0.6 is 0 Å². The monoisotopic (exact) mass is 494 g/mol. The predicted molar refractivity (Wildman–Crippen MR) is 133 cm³/mol. The summed E-state index contributed by atoms with van der Waals surface area (Å²) in [5.41, 5.74) is 3.76. The fourth-order valence-corrected chi connectivity index (χ4v) is 6.09. The second-order valence-corrected chi connectivity index (χ2v) is 11.0. The molecular formula is C27H30N2O5S. The lowest BCUT2D eigenvalue weighted by Gasteiger charge is -2.23. The third-order valence-corrected chi connectivity index (χ3v) is 8.22. The molecule has 7 nitrogen and oxygen atoms in total. The normalized spacial score (nSPS) is 18.2. The lowest BCUT2D eigenvalue weighted by atomic mass is 9.88. The van der Waals surface area contributed by atoms with Crippen LogP contribution in [0.25, 0.3) is 0 Å². The van der Waals surface area contributed by atoms with Crippen molar-refractivity contribution in [1.82, 2.24) is 9.29 Å². The van der Waals surface area contributed by atoms with Crippen molar-refractivity contribution in [2.45, 2.75) is 56.6 Å². The van der Waals surface area contributed by atoms with Crippen LogP contribution in [0.15, 0.2) is 71.9 Å². The first-order chi connectivity index (χ1) is 16.7. The average Bonchev–Trinajstić information content (AvgIpc) is 2.92. The van der Waals surface area contributed by atoms with Crippen molar-refractivity contribution in [2.24, 2.45) is 0 Å². The molecule has 35 heavy (non-hydrogen) atoms. The molecule has 1 N–H and O–H groups in total. The second kappa shape index (κ2) is 10.6. The molecule has 3 aromatic rings. The van der Waals surface area contributed by atoms with Gasteiger partial charge in [0.05, 0.1) is 13.0 Å². The summed E-state index contributed by atoms with van der Waals surface area (Å²) in [6, 6.07) is 16.4. The van der Waals surface area contributed by atoms with Gasteiger partial charge < -0.3 is 9.84 Å². The van der Waals surface area contributed by atoms with Crippen LogP contribution in [0, 0.1) is 6.92 Å². The first-order valence-corrected chi connectivity index (χ1v) is 13.1. The van der Waals surface area contributed by atoms with Gasteiger partial charge in [-0.3, -0.25) is 9.78 Å². The molecule has 1 aromatic heterocycles. The number of pyridine rings is 1. The lowest BCUT2D eigenvalue weighted by Crippen LogP contribution is -2.35. The Bertz CT molecular complexity index is 1290. The van der Waals surface area contributed by atoms with Crippen LogP contribution < -0.4 is 4.74 Å². The van der Waals surface area contributed by atoms with Crippen LogP contribution in [0.1, 0.15) is 47.9 Å². The van der Waals surface area contributed by atoms with Crippen LogP contribution in [-0.4, -0.2) is 41.4 Å². The number of carboxylic acids is 1. The molecule has 2 atom stereocenters. The zero-order chi connectivity index (χ0) is 25.0. The summed E-state index contributed by atoms with van der Waals surface area (Å²) >= 11 is 0. The van der Waals surface area contributed by atoms with E-state index in [1.807, 2.05) is 44.2 Å². The van der Waals surface area contributed by atoms with Gasteiger partial charge in [-0.1, -0.05) is 36.4 Å². The highest BCUT2D eigenvalue weighted by Crippen LogP contribution is 2.33. The van der Waals surface area contributed by atoms with E-state index in [1.165, 1.54) is 4.31 Å². The number of hydrogen-bond donors (Lipinski definition) is 1. The minimum absolute atomic E-state index is 0.00300. The molecular weight excluding hydrogens is 464 g/mol. The van der Waals surface area contributed by atoms with Crippen molar-refractivity contribution >= 4 is 16.0 Å². The number of benzene rings is 2. The Morgan fingerprint density at radius 2 is 2.00 bits per heavy atom. The second-order valence-electron chi connectivity index (χ2n) is 9.05. The molecule has 0 spiro atoms. The Labute approximate surface area is 206 Å². The van der Waals surface area contributed by atoms with Gasteiger partial charge in [-0.05, 0) is 73.1 Å². The Morgan fingerprint density at radius 3 is 2.74 bits per heavy atom. The van der Waals surface area contributed by atoms with Gasteiger partial charge in [0.2, 0.25) is 10.0 Å². The fraction of sp³-hybridized carbons (Fsp3) is 0.333. The highest BCUT2D eigenvalue weighted by Gasteiger charge is 2.33. The molecule has 0 saturated heterocycles. The Hall–Kier alpha value is -3.23. The summed E-state index contributed by atoms with van der Waals surface area (Å²) in [6.07, 6.45) is 4.57. The number of fused-ring (bicyclic) bond motifs is 1. The van der Waals surface area contributed by atoms with E-state index in [2.05, 4.69) is 4.98 Å². The molecule has 8 heteroatoms. The van der Waals surface area contributed by atoms with Crippen LogP contribution in [-0.2, 0) is 27.8 Å². The van der Waals surface area contributed by atoms with E-state index in [0.29, 0.717) is 18.6 Å². The number of carbonyl (C=O) groups is 1. The zero-order valence-corrected chi connectivity index (χ0v) is 20.7. The highest BCUT2D eigenvalue weighted by molar-refractivity contribution is 7.89. The maximum absolute atomic E-state index is 13.5. The van der Waals surface area contributed by atoms with E-state index in [0.717, 1.165) is 22.3 Å². The van der Waals surface area contributed by atoms with E-state index in [9.17, 15) is 18.3 Å². The SMILES string of the molecule is Cc1ccc(C(CCc2cccnc2)CC(=O)O)cc1CN1CC(C)Oc2ccccc2S1(=O)=O. The summed E-state index contributed by atoms with van der Waals surface area (Å²) < 4.78 is 34.3. The van der Waals surface area contributed by atoms with E-state index < -0.39 is 16.0 Å². The van der Waals surface area contributed by atoms with Gasteiger partial charge in [0.1, 0.15) is 16.7 Å². The summed E-state index contributed by atoms with van der Waals surface area (Å²) in [4.78, 5) is 15.9. The van der Waals surface area contributed by atoms with Gasteiger partial charge in [0.15, 0.2) is 0 Å². The summed E-state index contributed by atoms with van der Waals surface area (Å²) in [7, 11) is -3.76. The van der Waals surface area contributed by atoms with Crippen LogP contribution in [0.5, 0.6) is 5.75 Å². The largest absolute Gasteiger partial charge is 0.488 e. The molecule has 184 valence electrons. The van der Waals surface area contributed by atoms with Crippen molar-refractivity contribution in [3.63, 3.8) is 0 Å². The third-order valence-electron chi connectivity index (χ3n) is 6.37. The number of nitrogens with zero attached hydrogens (tertiary/aromatic N) is 2. The molecule has 2 unspecified atom stereocenters. The maximum Gasteiger partial charge on any atom is 0.303 e. The van der Waals surface area contributed by atoms with Gasteiger partial charge >= 0.3 is 5.97 Å². The Morgan fingerprint density at radius 1 is 1.20 bits per heavy atom. The number of para-hydroxylation sites is 1. The van der Waals surface area contributed by atoms with Gasteiger partial charge in [-0.2, -0.15) is 4.31 Å². The van der Waals surface area contributed by atoms with Crippen molar-refractivity contribution < 1.29 is 23.1 Å². The Kier molecular flexibility index (Phi) is 7.52. The molecule has 0 aliphatic carbocycles. The smallest absolute Gasteiger partial charge is 0.303 e. The number of ether oxygens (including phenoxy) is 1. The van der Waals surface area contributed by atoms with Crippen LogP contribution in [0.4, 0.5) is 0 Å².